The zero-order chi connectivity index (χ0) is 20.0. The monoisotopic (exact) mass is 409 g/mol. The highest BCUT2D eigenvalue weighted by atomic mass is 32.2. The van der Waals surface area contributed by atoms with Crippen molar-refractivity contribution in [3.8, 4) is 5.75 Å². The number of aliphatic carboxylic acids is 2. The van der Waals surface area contributed by atoms with Gasteiger partial charge in [-0.2, -0.15) is 0 Å². The van der Waals surface area contributed by atoms with Crippen molar-refractivity contribution in [2.75, 3.05) is 6.61 Å². The highest BCUT2D eigenvalue weighted by Crippen LogP contribution is 2.35. The van der Waals surface area contributed by atoms with Gasteiger partial charge in [0.15, 0.2) is 0 Å². The maximum atomic E-state index is 12.7. The van der Waals surface area contributed by atoms with Crippen LogP contribution >= 0.6 is 24.0 Å². The summed E-state index contributed by atoms with van der Waals surface area (Å²) in [5, 5.41) is 18.0. The molecule has 1 heterocycles. The second-order valence-electron chi connectivity index (χ2n) is 5.76. The van der Waals surface area contributed by atoms with Gasteiger partial charge in [0.05, 0.1) is 17.9 Å². The summed E-state index contributed by atoms with van der Waals surface area (Å²) in [4.78, 5) is 36.2. The maximum absolute atomic E-state index is 12.7. The topological polar surface area (TPSA) is 104 Å². The first-order valence-corrected chi connectivity index (χ1v) is 9.50. The largest absolute Gasteiger partial charge is 0.493 e. The van der Waals surface area contributed by atoms with Gasteiger partial charge in [-0.25, -0.2) is 4.79 Å². The predicted molar refractivity (Wildman–Crippen MR) is 106 cm³/mol. The molecule has 0 spiro atoms. The fraction of sp³-hybridized carbons (Fsp3) is 0.333. The lowest BCUT2D eigenvalue weighted by Gasteiger charge is -2.22. The average molecular weight is 409 g/mol. The minimum atomic E-state index is -1.08. The lowest BCUT2D eigenvalue weighted by atomic mass is 10.1. The van der Waals surface area contributed by atoms with E-state index in [1.54, 1.807) is 30.3 Å². The summed E-state index contributed by atoms with van der Waals surface area (Å²) < 4.78 is 5.60. The smallest absolute Gasteiger partial charge is 0.326 e. The standard InChI is InChI=1S/C18H19NO6S2/c1-2-4-13(17(23)24)19-16(22)14(27-18(19)26)10-11-5-3-6-12(9-11)25-8-7-15(20)21/h3,5-6,9-10,13H,2,4,7-8H2,1H3,(H,20,21)(H,23,24)/b14-10-. The van der Waals surface area contributed by atoms with Crippen molar-refractivity contribution < 1.29 is 29.3 Å². The van der Waals surface area contributed by atoms with E-state index in [1.807, 2.05) is 6.92 Å². The lowest BCUT2D eigenvalue weighted by molar-refractivity contribution is -0.145. The van der Waals surface area contributed by atoms with E-state index in [9.17, 15) is 19.5 Å². The summed E-state index contributed by atoms with van der Waals surface area (Å²) in [6, 6.07) is 5.87. The Labute approximate surface area is 166 Å². The molecule has 0 radical (unpaired) electrons. The van der Waals surface area contributed by atoms with E-state index in [4.69, 9.17) is 22.1 Å². The number of rotatable bonds is 9. The molecule has 27 heavy (non-hydrogen) atoms. The molecule has 1 atom stereocenters. The average Bonchev–Trinajstić information content (AvgIpc) is 2.86. The molecule has 1 saturated heterocycles. The van der Waals surface area contributed by atoms with E-state index >= 15 is 0 Å². The molecule has 0 saturated carbocycles. The number of ether oxygens (including phenoxy) is 1. The number of thiocarbonyl (C=S) groups is 1. The SMILES string of the molecule is CCCC(C(=O)O)N1C(=O)/C(=C/c2cccc(OCCC(=O)O)c2)SC1=S. The molecule has 1 aliphatic heterocycles. The van der Waals surface area contributed by atoms with Gasteiger partial charge in [-0.05, 0) is 30.2 Å². The molecule has 9 heteroatoms. The maximum Gasteiger partial charge on any atom is 0.326 e. The van der Waals surface area contributed by atoms with Crippen LogP contribution in [0.2, 0.25) is 0 Å². The van der Waals surface area contributed by atoms with Crippen LogP contribution in [0.15, 0.2) is 29.2 Å². The molecule has 1 aliphatic rings. The van der Waals surface area contributed by atoms with Crippen LogP contribution in [0.3, 0.4) is 0 Å². The van der Waals surface area contributed by atoms with Gasteiger partial charge >= 0.3 is 11.9 Å². The Kier molecular flexibility index (Phi) is 7.37. The number of benzene rings is 1. The van der Waals surface area contributed by atoms with Crippen molar-refractivity contribution in [3.63, 3.8) is 0 Å². The van der Waals surface area contributed by atoms with E-state index in [0.717, 1.165) is 16.7 Å². The van der Waals surface area contributed by atoms with Gasteiger partial charge in [0.25, 0.3) is 5.91 Å². The van der Waals surface area contributed by atoms with Crippen LogP contribution in [0.4, 0.5) is 0 Å². The number of carbonyl (C=O) groups is 3. The van der Waals surface area contributed by atoms with E-state index < -0.39 is 23.9 Å². The van der Waals surface area contributed by atoms with Crippen LogP contribution in [0.25, 0.3) is 6.08 Å². The summed E-state index contributed by atoms with van der Waals surface area (Å²) in [5.74, 6) is -1.98. The van der Waals surface area contributed by atoms with Crippen molar-refractivity contribution in [1.82, 2.24) is 4.90 Å². The van der Waals surface area contributed by atoms with E-state index in [-0.39, 0.29) is 17.3 Å². The predicted octanol–water partition coefficient (Wildman–Crippen LogP) is 2.99. The molecule has 1 aromatic carbocycles. The third kappa shape index (κ3) is 5.54. The second-order valence-corrected chi connectivity index (χ2v) is 7.43. The molecule has 2 N–H and O–H groups in total. The molecule has 1 aromatic rings. The number of hydrogen-bond donors (Lipinski definition) is 2. The Morgan fingerprint density at radius 1 is 1.37 bits per heavy atom. The molecule has 0 aliphatic carbocycles. The van der Waals surface area contributed by atoms with E-state index in [1.165, 1.54) is 0 Å². The third-order valence-electron chi connectivity index (χ3n) is 3.72. The Hall–Kier alpha value is -2.39. The van der Waals surface area contributed by atoms with Crippen molar-refractivity contribution in [2.24, 2.45) is 0 Å². The van der Waals surface area contributed by atoms with Crippen molar-refractivity contribution in [3.05, 3.63) is 34.7 Å². The fourth-order valence-electron chi connectivity index (χ4n) is 2.49. The van der Waals surface area contributed by atoms with Crippen LogP contribution in [-0.2, 0) is 14.4 Å². The van der Waals surface area contributed by atoms with Crippen LogP contribution in [0.1, 0.15) is 31.7 Å². The minimum absolute atomic E-state index is 0.0399. The van der Waals surface area contributed by atoms with Crippen molar-refractivity contribution in [1.29, 1.82) is 0 Å². The molecule has 7 nitrogen and oxygen atoms in total. The zero-order valence-electron chi connectivity index (χ0n) is 14.6. The van der Waals surface area contributed by atoms with Gasteiger partial charge in [-0.15, -0.1) is 0 Å². The Bertz CT molecular complexity index is 792. The van der Waals surface area contributed by atoms with Gasteiger partial charge in [0, 0.05) is 0 Å². The Balaban J connectivity index is 2.17. The number of amides is 1. The highest BCUT2D eigenvalue weighted by Gasteiger charge is 2.39. The first kappa shape index (κ1) is 20.9. The fourth-order valence-corrected chi connectivity index (χ4v) is 3.84. The highest BCUT2D eigenvalue weighted by molar-refractivity contribution is 8.26. The lowest BCUT2D eigenvalue weighted by Crippen LogP contribution is -2.43. The quantitative estimate of drug-likeness (QED) is 0.474. The van der Waals surface area contributed by atoms with E-state index in [2.05, 4.69) is 0 Å². The number of thioether (sulfide) groups is 1. The van der Waals surface area contributed by atoms with Gasteiger partial charge in [-0.3, -0.25) is 14.5 Å². The summed E-state index contributed by atoms with van der Waals surface area (Å²) in [6.07, 6.45) is 2.44. The summed E-state index contributed by atoms with van der Waals surface area (Å²) in [6.45, 7) is 1.89. The summed E-state index contributed by atoms with van der Waals surface area (Å²) >= 11 is 6.27. The van der Waals surface area contributed by atoms with E-state index in [0.29, 0.717) is 29.1 Å². The van der Waals surface area contributed by atoms with Crippen LogP contribution in [0.5, 0.6) is 5.75 Å². The zero-order valence-corrected chi connectivity index (χ0v) is 16.2. The first-order valence-electron chi connectivity index (χ1n) is 8.28. The van der Waals surface area contributed by atoms with Gasteiger partial charge in [0.1, 0.15) is 16.1 Å². The molecule has 1 amide bonds. The number of carbonyl (C=O) groups excluding carboxylic acids is 1. The Morgan fingerprint density at radius 3 is 2.74 bits per heavy atom. The first-order chi connectivity index (χ1) is 12.8. The van der Waals surface area contributed by atoms with Gasteiger partial charge in [0.2, 0.25) is 0 Å². The Morgan fingerprint density at radius 2 is 2.11 bits per heavy atom. The molecular weight excluding hydrogens is 390 g/mol. The number of hydrogen-bond acceptors (Lipinski definition) is 6. The molecule has 1 unspecified atom stereocenters. The molecule has 144 valence electrons. The van der Waals surface area contributed by atoms with Crippen molar-refractivity contribution in [2.45, 2.75) is 32.2 Å². The number of carboxylic acid groups (broad SMARTS) is 2. The normalized spacial score (nSPS) is 16.6. The second kappa shape index (κ2) is 9.52. The molecule has 1 fully saturated rings. The molecule has 0 bridgehead atoms. The van der Waals surface area contributed by atoms with Gasteiger partial charge in [-0.1, -0.05) is 49.5 Å². The molecule has 0 aromatic heterocycles. The molecule has 2 rings (SSSR count). The summed E-state index contributed by atoms with van der Waals surface area (Å²) in [5.41, 5.74) is 0.672. The van der Waals surface area contributed by atoms with Crippen LogP contribution in [0, 0.1) is 0 Å². The third-order valence-corrected chi connectivity index (χ3v) is 5.05. The number of carboxylic acids is 2. The van der Waals surface area contributed by atoms with Gasteiger partial charge < -0.3 is 14.9 Å². The number of nitrogens with zero attached hydrogens (tertiary/aromatic N) is 1. The molecular formula is C18H19NO6S2. The van der Waals surface area contributed by atoms with Crippen LogP contribution in [-0.4, -0.2) is 49.9 Å². The van der Waals surface area contributed by atoms with Crippen molar-refractivity contribution >= 4 is 52.2 Å². The minimum Gasteiger partial charge on any atom is -0.493 e. The summed E-state index contributed by atoms with van der Waals surface area (Å²) in [7, 11) is 0. The van der Waals surface area contributed by atoms with Crippen LogP contribution < -0.4 is 4.74 Å².